The minimum absolute atomic E-state index is 0.163. The van der Waals surface area contributed by atoms with Crippen LogP contribution in [0.1, 0.15) is 90.3 Å². The van der Waals surface area contributed by atoms with Crippen molar-refractivity contribution in [2.24, 2.45) is 0 Å². The Morgan fingerprint density at radius 1 is 0.620 bits per heavy atom. The number of hydrogen-bond acceptors (Lipinski definition) is 9. The SMILES string of the molecule is O=S(=O)([O-])c1cc(S(=O)(=O)N(CCCCCc2c3ccccc3cc3ccccc23)CCCNc2c3ccccc3nc3ccccc23)ccc1C1=c2cc3c4c(c2Oc2c1cc1c5c2CCCN5CCC1)CCC[N+]=4CCC3. The van der Waals surface area contributed by atoms with Gasteiger partial charge in [0.1, 0.15) is 34.7 Å². The van der Waals surface area contributed by atoms with Gasteiger partial charge in [0.15, 0.2) is 0 Å². The van der Waals surface area contributed by atoms with Crippen molar-refractivity contribution in [3.8, 4) is 11.5 Å². The molecule has 14 rings (SSSR count). The lowest BCUT2D eigenvalue weighted by atomic mass is 9.82. The van der Waals surface area contributed by atoms with E-state index < -0.39 is 25.0 Å². The van der Waals surface area contributed by atoms with Gasteiger partial charge in [-0.15, -0.1) is 0 Å². The van der Waals surface area contributed by atoms with Crippen LogP contribution in [0.3, 0.4) is 0 Å². The maximum absolute atomic E-state index is 15.4. The lowest BCUT2D eigenvalue weighted by Crippen LogP contribution is -2.45. The third-order valence-corrected chi connectivity index (χ3v) is 20.3. The smallest absolute Gasteiger partial charge is 0.243 e. The van der Waals surface area contributed by atoms with E-state index in [9.17, 15) is 13.0 Å². The molecule has 0 aliphatic carbocycles. The molecule has 400 valence electrons. The van der Waals surface area contributed by atoms with Gasteiger partial charge in [-0.1, -0.05) is 97.4 Å². The molecule has 1 N–H and O–H groups in total. The van der Waals surface area contributed by atoms with E-state index in [-0.39, 0.29) is 23.5 Å². The van der Waals surface area contributed by atoms with Crippen LogP contribution in [-0.4, -0.2) is 76.5 Å². The molecule has 0 radical (unpaired) electrons. The lowest BCUT2D eigenvalue weighted by molar-refractivity contribution is 0.395. The summed E-state index contributed by atoms with van der Waals surface area (Å²) in [5.74, 6) is 1.45. The normalized spacial score (nSPS) is 15.8. The Hall–Kier alpha value is -7.16. The molecule has 9 aromatic rings. The molecule has 0 fully saturated rings. The second-order valence-corrected chi connectivity index (χ2v) is 25.6. The van der Waals surface area contributed by atoms with Crippen LogP contribution in [0.15, 0.2) is 143 Å². The average molecular weight is 1090 g/mol. The molecule has 0 unspecified atom stereocenters. The summed E-state index contributed by atoms with van der Waals surface area (Å²) in [6.45, 7) is 4.74. The van der Waals surface area contributed by atoms with Crippen molar-refractivity contribution in [3.63, 3.8) is 0 Å². The monoisotopic (exact) mass is 1090 g/mol. The maximum Gasteiger partial charge on any atom is 0.243 e. The number of hydrogen-bond donors (Lipinski definition) is 1. The lowest BCUT2D eigenvalue weighted by Gasteiger charge is -2.39. The fourth-order valence-corrected chi connectivity index (χ4v) is 16.4. The fourth-order valence-electron chi connectivity index (χ4n) is 14.0. The molecule has 13 heteroatoms. The molecule has 11 nitrogen and oxygen atoms in total. The third-order valence-electron chi connectivity index (χ3n) is 17.5. The maximum atomic E-state index is 15.4. The van der Waals surface area contributed by atoms with E-state index in [1.165, 1.54) is 59.7 Å². The van der Waals surface area contributed by atoms with E-state index in [2.05, 4.69) is 81.5 Å². The number of nitrogens with one attached hydrogen (secondary N) is 1. The first-order valence-corrected chi connectivity index (χ1v) is 31.4. The number of nitrogens with zero attached hydrogens (tertiary/aromatic N) is 4. The van der Waals surface area contributed by atoms with Crippen molar-refractivity contribution in [1.29, 1.82) is 0 Å². The number of aromatic nitrogens is 1. The van der Waals surface area contributed by atoms with Gasteiger partial charge in [0.25, 0.3) is 0 Å². The molecule has 0 saturated heterocycles. The van der Waals surface area contributed by atoms with Gasteiger partial charge in [-0.05, 0) is 139 Å². The zero-order chi connectivity index (χ0) is 53.4. The van der Waals surface area contributed by atoms with Gasteiger partial charge in [0.05, 0.1) is 32.1 Å². The van der Waals surface area contributed by atoms with Crippen LogP contribution in [0.2, 0.25) is 0 Å². The second kappa shape index (κ2) is 20.2. The summed E-state index contributed by atoms with van der Waals surface area (Å²) in [4.78, 5) is 6.62. The number of sulfonamides is 1. The number of anilines is 2. The van der Waals surface area contributed by atoms with Crippen LogP contribution in [-0.2, 0) is 52.2 Å². The molecule has 8 aromatic carbocycles. The first-order chi connectivity index (χ1) is 38.6. The van der Waals surface area contributed by atoms with Crippen molar-refractivity contribution < 1.29 is 26.1 Å². The molecule has 0 amide bonds. The summed E-state index contributed by atoms with van der Waals surface area (Å²) in [6.07, 6.45) is 10.8. The van der Waals surface area contributed by atoms with E-state index in [0.29, 0.717) is 25.0 Å². The van der Waals surface area contributed by atoms with Crippen molar-refractivity contribution in [1.82, 2.24) is 13.9 Å². The summed E-state index contributed by atoms with van der Waals surface area (Å²) in [5, 5.41) is 12.5. The van der Waals surface area contributed by atoms with Crippen LogP contribution in [0.5, 0.6) is 11.5 Å². The number of unbranched alkanes of at least 4 members (excludes halogenated alkanes) is 2. The van der Waals surface area contributed by atoms with E-state index in [1.54, 1.807) is 6.07 Å². The van der Waals surface area contributed by atoms with Crippen LogP contribution in [0.25, 0.3) is 48.9 Å². The number of ether oxygens (including phenoxy) is 1. The average Bonchev–Trinajstić information content (AvgIpc) is 3.66. The first-order valence-electron chi connectivity index (χ1n) is 28.5. The summed E-state index contributed by atoms with van der Waals surface area (Å²) in [7, 11) is -9.61. The number of fused-ring (bicyclic) bond motifs is 8. The van der Waals surface area contributed by atoms with Gasteiger partial charge in [-0.3, -0.25) is 0 Å². The van der Waals surface area contributed by atoms with E-state index >= 15 is 8.42 Å². The van der Waals surface area contributed by atoms with Crippen LogP contribution < -0.4 is 30.1 Å². The van der Waals surface area contributed by atoms with E-state index in [4.69, 9.17) is 9.72 Å². The predicted octanol–water partition coefficient (Wildman–Crippen LogP) is 10.9. The Bertz CT molecular complexity index is 4260. The number of para-hydroxylation sites is 2. The number of aryl methyl sites for hydroxylation is 3. The zero-order valence-electron chi connectivity index (χ0n) is 44.4. The summed E-state index contributed by atoms with van der Waals surface area (Å²) >= 11 is 0. The van der Waals surface area contributed by atoms with Crippen LogP contribution in [0.4, 0.5) is 11.4 Å². The van der Waals surface area contributed by atoms with Gasteiger partial charge >= 0.3 is 0 Å². The molecule has 0 bridgehead atoms. The number of benzene rings is 8. The molecule has 5 aliphatic rings. The molecule has 5 aliphatic heterocycles. The van der Waals surface area contributed by atoms with Crippen molar-refractivity contribution in [3.05, 3.63) is 183 Å². The summed E-state index contributed by atoms with van der Waals surface area (Å²) in [6, 6.07) is 43.9. The third kappa shape index (κ3) is 8.84. The van der Waals surface area contributed by atoms with Crippen molar-refractivity contribution in [2.75, 3.05) is 56.0 Å². The van der Waals surface area contributed by atoms with E-state index in [0.717, 1.165) is 164 Å². The molecule has 1 aromatic heterocycles. The molecule has 0 atom stereocenters. The van der Waals surface area contributed by atoms with E-state index in [1.807, 2.05) is 48.5 Å². The highest BCUT2D eigenvalue weighted by molar-refractivity contribution is 7.89. The van der Waals surface area contributed by atoms with Crippen molar-refractivity contribution >= 4 is 80.4 Å². The minimum Gasteiger partial charge on any atom is -0.744 e. The Kier molecular flexibility index (Phi) is 12.8. The highest BCUT2D eigenvalue weighted by Gasteiger charge is 2.37. The quantitative estimate of drug-likeness (QED) is 0.0461. The predicted molar refractivity (Wildman–Crippen MR) is 315 cm³/mol. The summed E-state index contributed by atoms with van der Waals surface area (Å²) < 4.78 is 84.0. The molecule has 0 saturated carbocycles. The fraction of sp³-hybridized carbons (Fsp3) is 0.303. The molecule has 0 spiro atoms. The van der Waals surface area contributed by atoms with Crippen molar-refractivity contribution in [2.45, 2.75) is 93.3 Å². The van der Waals surface area contributed by atoms with Crippen LogP contribution in [0, 0.1) is 0 Å². The topological polar surface area (TPSA) is 135 Å². The second-order valence-electron chi connectivity index (χ2n) is 22.3. The molecule has 6 heterocycles. The summed E-state index contributed by atoms with van der Waals surface area (Å²) in [5.41, 5.74) is 11.4. The highest BCUT2D eigenvalue weighted by Crippen LogP contribution is 2.49. The Morgan fingerprint density at radius 2 is 1.27 bits per heavy atom. The first kappa shape index (κ1) is 50.1. The minimum atomic E-state index is -5.25. The van der Waals surface area contributed by atoms with Gasteiger partial charge < -0.3 is 19.5 Å². The Labute approximate surface area is 461 Å². The highest BCUT2D eigenvalue weighted by atomic mass is 32.2. The zero-order valence-corrected chi connectivity index (χ0v) is 46.0. The van der Waals surface area contributed by atoms with Gasteiger partial charge in [-0.25, -0.2) is 26.4 Å². The standard InChI is InChI=1S/C66H63N5O6S2/c72-78(73,71(38-16-32-67-62-51-24-7-9-28-58(51)68-59-29-10-8-25-52(59)62)37-11-1-2-23-50-48-21-5-3-17-43(48)39-44-18-4-6-22-49(44)50)47-30-31-53(60(42-47)79(74,75)76)61-56-40-45-19-12-33-69-35-14-26-54(63(45)69)65(56)77-66-55-27-15-36-70-34-13-20-46(64(55)70)41-57(61)66/h3-10,17-18,21-22,24-25,28-31,39-42H,1-2,11-16,19-20,23,26-27,32-38H2,(H-,67,68,74,75,76). The largest absolute Gasteiger partial charge is 0.744 e. The number of pyridine rings is 1. The molecular weight excluding hydrogens is 1020 g/mol. The molecule has 79 heavy (non-hydrogen) atoms. The molecular formula is C66H63N5O6S2. The Morgan fingerprint density at radius 3 is 2.00 bits per heavy atom. The number of rotatable bonds is 15. The Balaban J connectivity index is 0.838. The van der Waals surface area contributed by atoms with Gasteiger partial charge in [0, 0.05) is 95.1 Å². The van der Waals surface area contributed by atoms with Gasteiger partial charge in [-0.2, -0.15) is 4.31 Å². The van der Waals surface area contributed by atoms with Gasteiger partial charge in [0.2, 0.25) is 15.4 Å². The van der Waals surface area contributed by atoms with Crippen LogP contribution >= 0.6 is 0 Å².